The van der Waals surface area contributed by atoms with E-state index in [4.69, 9.17) is 14.1 Å². The number of rotatable bonds is 10. The summed E-state index contributed by atoms with van der Waals surface area (Å²) in [6.07, 6.45) is 3.45. The van der Waals surface area contributed by atoms with Crippen molar-refractivity contribution in [2.24, 2.45) is 4.99 Å². The molecule has 1 aromatic heterocycles. The molecule has 0 amide bonds. The van der Waals surface area contributed by atoms with Crippen LogP contribution in [0.5, 0.6) is 5.75 Å². The maximum absolute atomic E-state index is 6.02. The molecule has 0 aliphatic carbocycles. The standard InChI is InChI=1S/C22H34N4O2/c1-6-8-9-12-27-20-13-16(3)10-11-19(20)14-24-22(23-7-2)25-15-21-26-17(4)18(5)28-21/h10-11,13H,6-9,12,14-15H2,1-5H3,(H2,23,24,25). The van der Waals surface area contributed by atoms with Gasteiger partial charge in [0, 0.05) is 12.1 Å². The quantitative estimate of drug-likeness (QED) is 0.359. The average Bonchev–Trinajstić information content (AvgIpc) is 3.00. The minimum absolute atomic E-state index is 0.495. The van der Waals surface area contributed by atoms with Crippen LogP contribution in [0.1, 0.15) is 61.6 Å². The third kappa shape index (κ3) is 6.91. The number of ether oxygens (including phenoxy) is 1. The van der Waals surface area contributed by atoms with Gasteiger partial charge in [-0.2, -0.15) is 0 Å². The Morgan fingerprint density at radius 2 is 1.96 bits per heavy atom. The Morgan fingerprint density at radius 3 is 2.64 bits per heavy atom. The molecule has 2 rings (SSSR count). The smallest absolute Gasteiger partial charge is 0.214 e. The van der Waals surface area contributed by atoms with Crippen molar-refractivity contribution in [2.45, 2.75) is 67.0 Å². The van der Waals surface area contributed by atoms with Crippen LogP contribution in [-0.2, 0) is 13.1 Å². The van der Waals surface area contributed by atoms with E-state index >= 15 is 0 Å². The molecule has 6 nitrogen and oxygen atoms in total. The second kappa shape index (κ2) is 11.4. The molecule has 1 aromatic carbocycles. The zero-order chi connectivity index (χ0) is 20.4. The zero-order valence-electron chi connectivity index (χ0n) is 17.9. The fourth-order valence-corrected chi connectivity index (χ4v) is 2.74. The largest absolute Gasteiger partial charge is 0.493 e. The van der Waals surface area contributed by atoms with Gasteiger partial charge in [0.1, 0.15) is 11.5 Å². The van der Waals surface area contributed by atoms with E-state index in [1.165, 1.54) is 18.4 Å². The normalized spacial score (nSPS) is 11.5. The summed E-state index contributed by atoms with van der Waals surface area (Å²) in [6, 6.07) is 6.29. The molecule has 2 N–H and O–H groups in total. The lowest BCUT2D eigenvalue weighted by Crippen LogP contribution is -2.36. The molecule has 0 radical (unpaired) electrons. The number of hydrogen-bond donors (Lipinski definition) is 2. The Balaban J connectivity index is 2.02. The lowest BCUT2D eigenvalue weighted by atomic mass is 10.1. The van der Waals surface area contributed by atoms with Crippen molar-refractivity contribution >= 4 is 5.96 Å². The van der Waals surface area contributed by atoms with Gasteiger partial charge in [0.2, 0.25) is 5.89 Å². The molecule has 28 heavy (non-hydrogen) atoms. The van der Waals surface area contributed by atoms with Crippen LogP contribution in [-0.4, -0.2) is 24.1 Å². The van der Waals surface area contributed by atoms with Gasteiger partial charge in [-0.15, -0.1) is 0 Å². The molecule has 0 saturated heterocycles. The van der Waals surface area contributed by atoms with Crippen LogP contribution in [0.2, 0.25) is 0 Å². The van der Waals surface area contributed by atoms with Crippen LogP contribution in [0.25, 0.3) is 0 Å². The van der Waals surface area contributed by atoms with Crippen molar-refractivity contribution in [3.05, 3.63) is 46.7 Å². The molecule has 0 unspecified atom stereocenters. The molecule has 0 saturated carbocycles. The van der Waals surface area contributed by atoms with Crippen LogP contribution >= 0.6 is 0 Å². The molecule has 0 bridgehead atoms. The second-order valence-corrected chi connectivity index (χ2v) is 6.96. The molecule has 2 aromatic rings. The number of oxazole rings is 1. The van der Waals surface area contributed by atoms with E-state index in [0.717, 1.165) is 48.3 Å². The summed E-state index contributed by atoms with van der Waals surface area (Å²) in [6.45, 7) is 12.8. The van der Waals surface area contributed by atoms with Gasteiger partial charge < -0.3 is 19.8 Å². The highest BCUT2D eigenvalue weighted by atomic mass is 16.5. The minimum atomic E-state index is 0.495. The molecule has 0 aliphatic heterocycles. The Bertz CT molecular complexity index is 748. The van der Waals surface area contributed by atoms with Crippen molar-refractivity contribution < 1.29 is 9.15 Å². The molecule has 0 fully saturated rings. The van der Waals surface area contributed by atoms with Crippen LogP contribution in [0.3, 0.4) is 0 Å². The van der Waals surface area contributed by atoms with E-state index in [1.54, 1.807) is 0 Å². The summed E-state index contributed by atoms with van der Waals surface area (Å²) in [5.74, 6) is 3.17. The summed E-state index contributed by atoms with van der Waals surface area (Å²) < 4.78 is 11.6. The zero-order valence-corrected chi connectivity index (χ0v) is 17.9. The molecule has 154 valence electrons. The highest BCUT2D eigenvalue weighted by Crippen LogP contribution is 2.21. The van der Waals surface area contributed by atoms with Gasteiger partial charge in [-0.1, -0.05) is 31.9 Å². The molecule has 0 aliphatic rings. The average molecular weight is 387 g/mol. The van der Waals surface area contributed by atoms with E-state index in [1.807, 2.05) is 20.8 Å². The first-order chi connectivity index (χ1) is 13.5. The summed E-state index contributed by atoms with van der Waals surface area (Å²) in [7, 11) is 0. The van der Waals surface area contributed by atoms with Crippen LogP contribution in [0, 0.1) is 20.8 Å². The van der Waals surface area contributed by atoms with E-state index in [2.05, 4.69) is 47.7 Å². The van der Waals surface area contributed by atoms with Crippen molar-refractivity contribution in [2.75, 3.05) is 13.2 Å². The summed E-state index contributed by atoms with van der Waals surface area (Å²) in [5, 5.41) is 6.54. The number of unbranched alkanes of at least 4 members (excludes halogenated alkanes) is 2. The number of nitrogens with zero attached hydrogens (tertiary/aromatic N) is 2. The van der Waals surface area contributed by atoms with Crippen LogP contribution in [0.4, 0.5) is 0 Å². The van der Waals surface area contributed by atoms with E-state index in [0.29, 0.717) is 19.0 Å². The number of guanidine groups is 1. The third-order valence-electron chi connectivity index (χ3n) is 4.46. The first kappa shape index (κ1) is 21.8. The summed E-state index contributed by atoms with van der Waals surface area (Å²) >= 11 is 0. The lowest BCUT2D eigenvalue weighted by molar-refractivity contribution is 0.303. The maximum Gasteiger partial charge on any atom is 0.214 e. The molecule has 0 spiro atoms. The molecular formula is C22H34N4O2. The topological polar surface area (TPSA) is 71.7 Å². The van der Waals surface area contributed by atoms with E-state index < -0.39 is 0 Å². The Hall–Kier alpha value is -2.50. The van der Waals surface area contributed by atoms with Crippen LogP contribution in [0.15, 0.2) is 27.6 Å². The van der Waals surface area contributed by atoms with Gasteiger partial charge in [0.25, 0.3) is 0 Å². The first-order valence-corrected chi connectivity index (χ1v) is 10.2. The number of aromatic nitrogens is 1. The number of nitrogens with one attached hydrogen (secondary N) is 2. The van der Waals surface area contributed by atoms with Crippen molar-refractivity contribution in [1.29, 1.82) is 0 Å². The third-order valence-corrected chi connectivity index (χ3v) is 4.46. The second-order valence-electron chi connectivity index (χ2n) is 6.96. The summed E-state index contributed by atoms with van der Waals surface area (Å²) in [5.41, 5.74) is 3.20. The predicted octanol–water partition coefficient (Wildman–Crippen LogP) is 4.42. The predicted molar refractivity (Wildman–Crippen MR) is 114 cm³/mol. The van der Waals surface area contributed by atoms with Gasteiger partial charge in [-0.05, 0) is 45.7 Å². The SMILES string of the molecule is CCCCCOc1cc(C)ccc1CN=C(NCC)NCc1nc(C)c(C)o1. The van der Waals surface area contributed by atoms with Gasteiger partial charge >= 0.3 is 0 Å². The van der Waals surface area contributed by atoms with E-state index in [9.17, 15) is 0 Å². The summed E-state index contributed by atoms with van der Waals surface area (Å²) in [4.78, 5) is 9.11. The monoisotopic (exact) mass is 386 g/mol. The Kier molecular flexibility index (Phi) is 8.85. The molecule has 6 heteroatoms. The van der Waals surface area contributed by atoms with Crippen LogP contribution < -0.4 is 15.4 Å². The molecule has 0 atom stereocenters. The fraction of sp³-hybridized carbons (Fsp3) is 0.545. The minimum Gasteiger partial charge on any atom is -0.493 e. The number of aliphatic imine (C=N–C) groups is 1. The molecule has 1 heterocycles. The highest BCUT2D eigenvalue weighted by Gasteiger charge is 2.08. The highest BCUT2D eigenvalue weighted by molar-refractivity contribution is 5.79. The maximum atomic E-state index is 6.02. The van der Waals surface area contributed by atoms with Crippen molar-refractivity contribution in [1.82, 2.24) is 15.6 Å². The molecular weight excluding hydrogens is 352 g/mol. The van der Waals surface area contributed by atoms with Crippen molar-refractivity contribution in [3.8, 4) is 5.75 Å². The number of benzene rings is 1. The Labute approximate surface area is 168 Å². The lowest BCUT2D eigenvalue weighted by Gasteiger charge is -2.13. The Morgan fingerprint density at radius 1 is 1.14 bits per heavy atom. The van der Waals surface area contributed by atoms with Gasteiger partial charge in [0.05, 0.1) is 25.4 Å². The van der Waals surface area contributed by atoms with Crippen molar-refractivity contribution in [3.63, 3.8) is 0 Å². The van der Waals surface area contributed by atoms with Gasteiger partial charge in [-0.3, -0.25) is 0 Å². The first-order valence-electron chi connectivity index (χ1n) is 10.2. The van der Waals surface area contributed by atoms with Gasteiger partial charge in [0.15, 0.2) is 5.96 Å². The fourth-order valence-electron chi connectivity index (χ4n) is 2.74. The van der Waals surface area contributed by atoms with E-state index in [-0.39, 0.29) is 0 Å². The number of hydrogen-bond acceptors (Lipinski definition) is 4. The van der Waals surface area contributed by atoms with Gasteiger partial charge in [-0.25, -0.2) is 9.98 Å². The number of aryl methyl sites for hydroxylation is 3.